The van der Waals surface area contributed by atoms with E-state index in [2.05, 4.69) is 127 Å². The van der Waals surface area contributed by atoms with Gasteiger partial charge in [-0.15, -0.1) is 0 Å². The van der Waals surface area contributed by atoms with E-state index in [1.807, 2.05) is 48.5 Å². The Morgan fingerprint density at radius 3 is 1.63 bits per heavy atom. The summed E-state index contributed by atoms with van der Waals surface area (Å²) >= 11 is 0. The molecule has 238 valence electrons. The van der Waals surface area contributed by atoms with Crippen LogP contribution in [0.25, 0.3) is 99.9 Å². The van der Waals surface area contributed by atoms with E-state index in [1.165, 1.54) is 27.1 Å². The minimum absolute atomic E-state index is 0.599. The third-order valence-corrected chi connectivity index (χ3v) is 9.74. The summed E-state index contributed by atoms with van der Waals surface area (Å²) in [6.45, 7) is 0. The standard InChI is InChI=1S/C47H29N3O/c1-3-13-30(14-4-1)36-21-11-22-39-43-40(23-12-24-42(43)51-44(36)39)47-49-45(32-15-5-2-6-16-32)48-46(50-47)33-27-25-31(26-28-33)41-29-34-17-7-8-18-35(34)37-19-9-10-20-38(37)41/h1-29H. The number of benzene rings is 8. The summed E-state index contributed by atoms with van der Waals surface area (Å²) < 4.78 is 6.57. The Morgan fingerprint density at radius 2 is 0.863 bits per heavy atom. The van der Waals surface area contributed by atoms with Crippen LogP contribution in [-0.4, -0.2) is 15.0 Å². The van der Waals surface area contributed by atoms with Crippen LogP contribution >= 0.6 is 0 Å². The van der Waals surface area contributed by atoms with Crippen molar-refractivity contribution in [3.8, 4) is 56.4 Å². The van der Waals surface area contributed by atoms with Crippen molar-refractivity contribution in [2.45, 2.75) is 0 Å². The lowest BCUT2D eigenvalue weighted by Crippen LogP contribution is -2.00. The summed E-state index contributed by atoms with van der Waals surface area (Å²) in [7, 11) is 0. The van der Waals surface area contributed by atoms with Crippen LogP contribution in [0.1, 0.15) is 0 Å². The summed E-state index contributed by atoms with van der Waals surface area (Å²) in [5.41, 5.74) is 8.89. The number of para-hydroxylation sites is 1. The van der Waals surface area contributed by atoms with E-state index in [0.717, 1.165) is 55.3 Å². The monoisotopic (exact) mass is 651 g/mol. The molecule has 4 nitrogen and oxygen atoms in total. The van der Waals surface area contributed by atoms with Gasteiger partial charge in [-0.05, 0) is 50.4 Å². The molecule has 10 rings (SSSR count). The molecule has 0 atom stereocenters. The van der Waals surface area contributed by atoms with Gasteiger partial charge in [-0.3, -0.25) is 0 Å². The van der Waals surface area contributed by atoms with Crippen LogP contribution in [0.15, 0.2) is 180 Å². The third kappa shape index (κ3) is 4.96. The number of nitrogens with zero attached hydrogens (tertiary/aromatic N) is 3. The van der Waals surface area contributed by atoms with Gasteiger partial charge in [0.2, 0.25) is 0 Å². The summed E-state index contributed by atoms with van der Waals surface area (Å²) in [5, 5.41) is 6.98. The number of rotatable bonds is 5. The Kier molecular flexibility index (Phi) is 6.78. The molecule has 0 unspecified atom stereocenters. The minimum atomic E-state index is 0.599. The predicted octanol–water partition coefficient (Wildman–Crippen LogP) is 12.4. The van der Waals surface area contributed by atoms with Crippen molar-refractivity contribution in [2.24, 2.45) is 0 Å². The molecular formula is C47H29N3O. The van der Waals surface area contributed by atoms with E-state index in [0.29, 0.717) is 17.5 Å². The van der Waals surface area contributed by atoms with Gasteiger partial charge in [0.1, 0.15) is 11.2 Å². The Morgan fingerprint density at radius 1 is 0.333 bits per heavy atom. The molecule has 0 radical (unpaired) electrons. The Bertz CT molecular complexity index is 2900. The van der Waals surface area contributed by atoms with Gasteiger partial charge in [-0.2, -0.15) is 0 Å². The highest BCUT2D eigenvalue weighted by molar-refractivity contribution is 6.15. The van der Waals surface area contributed by atoms with E-state index in [9.17, 15) is 0 Å². The lowest BCUT2D eigenvalue weighted by atomic mass is 9.93. The fraction of sp³-hybridized carbons (Fsp3) is 0. The van der Waals surface area contributed by atoms with Gasteiger partial charge in [-0.1, -0.05) is 164 Å². The van der Waals surface area contributed by atoms with Crippen molar-refractivity contribution in [3.05, 3.63) is 176 Å². The first-order chi connectivity index (χ1) is 25.3. The molecular weight excluding hydrogens is 623 g/mol. The quantitative estimate of drug-likeness (QED) is 0.174. The SMILES string of the molecule is c1ccc(-c2nc(-c3ccc(-c4cc5ccccc5c5ccccc45)cc3)nc(-c3cccc4oc5c(-c6ccccc6)cccc5c34)n2)cc1. The van der Waals surface area contributed by atoms with Gasteiger partial charge < -0.3 is 4.42 Å². The van der Waals surface area contributed by atoms with E-state index < -0.39 is 0 Å². The molecule has 0 N–H and O–H groups in total. The molecule has 0 amide bonds. The van der Waals surface area contributed by atoms with Crippen molar-refractivity contribution in [1.29, 1.82) is 0 Å². The summed E-state index contributed by atoms with van der Waals surface area (Å²) in [4.78, 5) is 15.3. The zero-order valence-corrected chi connectivity index (χ0v) is 27.5. The van der Waals surface area contributed by atoms with Crippen molar-refractivity contribution in [2.75, 3.05) is 0 Å². The highest BCUT2D eigenvalue weighted by Crippen LogP contribution is 2.41. The number of hydrogen-bond donors (Lipinski definition) is 0. The number of fused-ring (bicyclic) bond motifs is 6. The second-order valence-electron chi connectivity index (χ2n) is 12.8. The summed E-state index contributed by atoms with van der Waals surface area (Å²) in [6, 6.07) is 61.0. The van der Waals surface area contributed by atoms with Crippen LogP contribution in [0.5, 0.6) is 0 Å². The van der Waals surface area contributed by atoms with Crippen molar-refractivity contribution < 1.29 is 4.42 Å². The Balaban J connectivity index is 1.14. The zero-order chi connectivity index (χ0) is 33.7. The molecule has 0 aliphatic carbocycles. The van der Waals surface area contributed by atoms with Crippen LogP contribution in [0, 0.1) is 0 Å². The highest BCUT2D eigenvalue weighted by Gasteiger charge is 2.19. The minimum Gasteiger partial charge on any atom is -0.455 e. The van der Waals surface area contributed by atoms with Crippen molar-refractivity contribution in [3.63, 3.8) is 0 Å². The van der Waals surface area contributed by atoms with Crippen molar-refractivity contribution >= 4 is 43.5 Å². The van der Waals surface area contributed by atoms with Gasteiger partial charge in [0.15, 0.2) is 17.5 Å². The summed E-state index contributed by atoms with van der Waals surface area (Å²) in [5.74, 6) is 1.83. The van der Waals surface area contributed by atoms with Crippen LogP contribution in [0.4, 0.5) is 0 Å². The molecule has 10 aromatic rings. The first kappa shape index (κ1) is 29.0. The lowest BCUT2D eigenvalue weighted by molar-refractivity contribution is 0.670. The molecule has 0 saturated carbocycles. The zero-order valence-electron chi connectivity index (χ0n) is 27.5. The average molecular weight is 652 g/mol. The fourth-order valence-electron chi connectivity index (χ4n) is 7.31. The van der Waals surface area contributed by atoms with Crippen LogP contribution in [-0.2, 0) is 0 Å². The molecule has 2 heterocycles. The topological polar surface area (TPSA) is 51.8 Å². The van der Waals surface area contributed by atoms with Gasteiger partial charge in [0, 0.05) is 33.0 Å². The smallest absolute Gasteiger partial charge is 0.164 e. The maximum absolute atomic E-state index is 6.57. The maximum atomic E-state index is 6.57. The normalized spacial score (nSPS) is 11.5. The highest BCUT2D eigenvalue weighted by atomic mass is 16.3. The van der Waals surface area contributed by atoms with Gasteiger partial charge in [0.05, 0.1) is 0 Å². The lowest BCUT2D eigenvalue weighted by Gasteiger charge is -2.12. The van der Waals surface area contributed by atoms with Crippen LogP contribution in [0.3, 0.4) is 0 Å². The molecule has 0 fully saturated rings. The second kappa shape index (κ2) is 11.9. The largest absolute Gasteiger partial charge is 0.455 e. The molecule has 0 bridgehead atoms. The van der Waals surface area contributed by atoms with E-state index in [-0.39, 0.29) is 0 Å². The molecule has 4 heteroatoms. The van der Waals surface area contributed by atoms with Crippen LogP contribution in [0.2, 0.25) is 0 Å². The van der Waals surface area contributed by atoms with Gasteiger partial charge >= 0.3 is 0 Å². The van der Waals surface area contributed by atoms with E-state index in [4.69, 9.17) is 19.4 Å². The molecule has 0 saturated heterocycles. The average Bonchev–Trinajstić information content (AvgIpc) is 3.60. The summed E-state index contributed by atoms with van der Waals surface area (Å²) in [6.07, 6.45) is 0. The van der Waals surface area contributed by atoms with Crippen LogP contribution < -0.4 is 0 Å². The number of aromatic nitrogens is 3. The predicted molar refractivity (Wildman–Crippen MR) is 209 cm³/mol. The van der Waals surface area contributed by atoms with Gasteiger partial charge in [-0.25, -0.2) is 15.0 Å². The van der Waals surface area contributed by atoms with E-state index in [1.54, 1.807) is 0 Å². The van der Waals surface area contributed by atoms with Gasteiger partial charge in [0.25, 0.3) is 0 Å². The molecule has 51 heavy (non-hydrogen) atoms. The van der Waals surface area contributed by atoms with E-state index >= 15 is 0 Å². The molecule has 0 aliphatic rings. The first-order valence-electron chi connectivity index (χ1n) is 17.1. The molecule has 0 spiro atoms. The fourth-order valence-corrected chi connectivity index (χ4v) is 7.31. The second-order valence-corrected chi connectivity index (χ2v) is 12.8. The maximum Gasteiger partial charge on any atom is 0.164 e. The number of furan rings is 1. The molecule has 8 aromatic carbocycles. The molecule has 2 aromatic heterocycles. The third-order valence-electron chi connectivity index (χ3n) is 9.74. The van der Waals surface area contributed by atoms with Crippen molar-refractivity contribution in [1.82, 2.24) is 15.0 Å². The Hall–Kier alpha value is -6.91. The first-order valence-corrected chi connectivity index (χ1v) is 17.1. The molecule has 0 aliphatic heterocycles. The number of hydrogen-bond acceptors (Lipinski definition) is 4. The Labute approximate surface area is 294 Å².